The zero-order chi connectivity index (χ0) is 17.9. The fourth-order valence-corrected chi connectivity index (χ4v) is 4.83. The van der Waals surface area contributed by atoms with Gasteiger partial charge in [-0.05, 0) is 31.0 Å². The van der Waals surface area contributed by atoms with Gasteiger partial charge in [-0.25, -0.2) is 8.42 Å². The number of carbonyl (C=O) groups excluding carboxylic acids is 1. The van der Waals surface area contributed by atoms with Crippen LogP contribution < -0.4 is 4.74 Å². The molecule has 0 unspecified atom stereocenters. The summed E-state index contributed by atoms with van der Waals surface area (Å²) in [5.74, 6) is 0.502. The Morgan fingerprint density at radius 2 is 1.96 bits per heavy atom. The molecule has 1 aromatic rings. The van der Waals surface area contributed by atoms with E-state index in [4.69, 9.17) is 16.3 Å². The SMILES string of the molecule is CCC(=O)N1CCCN(S(=O)(=O)c2cc(Cl)c(OC)cc2C)CC1. The van der Waals surface area contributed by atoms with Crippen LogP contribution in [-0.4, -0.2) is 56.8 Å². The van der Waals surface area contributed by atoms with Gasteiger partial charge in [0.15, 0.2) is 0 Å². The summed E-state index contributed by atoms with van der Waals surface area (Å²) in [6.45, 7) is 5.20. The fourth-order valence-electron chi connectivity index (χ4n) is 2.82. The minimum atomic E-state index is -3.66. The smallest absolute Gasteiger partial charge is 0.243 e. The topological polar surface area (TPSA) is 66.9 Å². The molecule has 0 aromatic heterocycles. The Labute approximate surface area is 148 Å². The highest BCUT2D eigenvalue weighted by Crippen LogP contribution is 2.31. The summed E-state index contributed by atoms with van der Waals surface area (Å²) >= 11 is 6.10. The second-order valence-corrected chi connectivity index (χ2v) is 8.06. The van der Waals surface area contributed by atoms with Gasteiger partial charge in [0.05, 0.1) is 17.0 Å². The standard InChI is InChI=1S/C16H23ClN2O4S/c1-4-16(20)18-6-5-7-19(9-8-18)24(21,22)15-11-13(17)14(23-3)10-12(15)2/h10-11H,4-9H2,1-3H3. The second-order valence-electron chi connectivity index (χ2n) is 5.74. The van der Waals surface area contributed by atoms with Crippen molar-refractivity contribution >= 4 is 27.5 Å². The highest BCUT2D eigenvalue weighted by atomic mass is 35.5. The monoisotopic (exact) mass is 374 g/mol. The summed E-state index contributed by atoms with van der Waals surface area (Å²) < 4.78 is 32.5. The van der Waals surface area contributed by atoms with Gasteiger partial charge >= 0.3 is 0 Å². The Kier molecular flexibility index (Phi) is 6.11. The molecule has 0 bridgehead atoms. The first-order valence-electron chi connectivity index (χ1n) is 7.93. The minimum absolute atomic E-state index is 0.0536. The van der Waals surface area contributed by atoms with Crippen LogP contribution in [0, 0.1) is 6.92 Å². The third-order valence-electron chi connectivity index (χ3n) is 4.18. The highest BCUT2D eigenvalue weighted by Gasteiger charge is 2.29. The molecule has 134 valence electrons. The van der Waals surface area contributed by atoms with Crippen LogP contribution in [0.2, 0.25) is 5.02 Å². The lowest BCUT2D eigenvalue weighted by Gasteiger charge is -2.22. The number of methoxy groups -OCH3 is 1. The lowest BCUT2D eigenvalue weighted by molar-refractivity contribution is -0.130. The molecule has 24 heavy (non-hydrogen) atoms. The predicted octanol–water partition coefficient (Wildman–Crippen LogP) is 2.29. The first-order valence-corrected chi connectivity index (χ1v) is 9.75. The van der Waals surface area contributed by atoms with Crippen LogP contribution >= 0.6 is 11.6 Å². The fraction of sp³-hybridized carbons (Fsp3) is 0.562. The Bertz CT molecular complexity index is 721. The van der Waals surface area contributed by atoms with Crippen LogP contribution in [-0.2, 0) is 14.8 Å². The van der Waals surface area contributed by atoms with Crippen molar-refractivity contribution in [3.63, 3.8) is 0 Å². The first-order chi connectivity index (χ1) is 11.3. The van der Waals surface area contributed by atoms with Gasteiger partial charge < -0.3 is 9.64 Å². The molecular formula is C16H23ClN2O4S. The Balaban J connectivity index is 2.28. The number of halogens is 1. The van der Waals surface area contributed by atoms with Crippen LogP contribution in [0.25, 0.3) is 0 Å². The van der Waals surface area contributed by atoms with E-state index in [-0.39, 0.29) is 22.4 Å². The number of amides is 1. The van der Waals surface area contributed by atoms with Crippen molar-refractivity contribution in [3.05, 3.63) is 22.7 Å². The maximum absolute atomic E-state index is 13.0. The second kappa shape index (κ2) is 7.72. The van der Waals surface area contributed by atoms with Gasteiger partial charge in [0.2, 0.25) is 15.9 Å². The average molecular weight is 375 g/mol. The predicted molar refractivity (Wildman–Crippen MR) is 93.0 cm³/mol. The molecule has 0 radical (unpaired) electrons. The number of carbonyl (C=O) groups is 1. The van der Waals surface area contributed by atoms with E-state index >= 15 is 0 Å². The number of ether oxygens (including phenoxy) is 1. The van der Waals surface area contributed by atoms with Gasteiger partial charge in [-0.3, -0.25) is 4.79 Å². The Morgan fingerprint density at radius 3 is 2.58 bits per heavy atom. The van der Waals surface area contributed by atoms with Crippen molar-refractivity contribution in [1.29, 1.82) is 0 Å². The number of sulfonamides is 1. The molecular weight excluding hydrogens is 352 g/mol. The quantitative estimate of drug-likeness (QED) is 0.811. The number of hydrogen-bond acceptors (Lipinski definition) is 4. The molecule has 0 atom stereocenters. The zero-order valence-corrected chi connectivity index (χ0v) is 15.8. The van der Waals surface area contributed by atoms with Gasteiger partial charge in [-0.15, -0.1) is 0 Å². The van der Waals surface area contributed by atoms with E-state index < -0.39 is 10.0 Å². The number of benzene rings is 1. The molecule has 2 rings (SSSR count). The summed E-state index contributed by atoms with van der Waals surface area (Å²) in [6, 6.07) is 3.06. The third-order valence-corrected chi connectivity index (χ3v) is 6.51. The van der Waals surface area contributed by atoms with Crippen molar-refractivity contribution in [2.24, 2.45) is 0 Å². The molecule has 1 fully saturated rings. The molecule has 0 spiro atoms. The van der Waals surface area contributed by atoms with Crippen LogP contribution in [0.15, 0.2) is 17.0 Å². The van der Waals surface area contributed by atoms with E-state index in [1.165, 1.54) is 17.5 Å². The molecule has 1 aromatic carbocycles. The van der Waals surface area contributed by atoms with E-state index in [1.54, 1.807) is 17.9 Å². The molecule has 1 saturated heterocycles. The van der Waals surface area contributed by atoms with Crippen LogP contribution in [0.1, 0.15) is 25.3 Å². The zero-order valence-electron chi connectivity index (χ0n) is 14.2. The molecule has 1 aliphatic heterocycles. The van der Waals surface area contributed by atoms with Gasteiger partial charge in [-0.2, -0.15) is 4.31 Å². The van der Waals surface area contributed by atoms with Crippen molar-refractivity contribution in [2.45, 2.75) is 31.6 Å². The number of nitrogens with zero attached hydrogens (tertiary/aromatic N) is 2. The summed E-state index contributed by atoms with van der Waals surface area (Å²) in [5.41, 5.74) is 0.585. The first kappa shape index (κ1) is 19.0. The van der Waals surface area contributed by atoms with Gasteiger partial charge in [-0.1, -0.05) is 18.5 Å². The Hall–Kier alpha value is -1.31. The molecule has 0 aliphatic carbocycles. The number of rotatable bonds is 4. The van der Waals surface area contributed by atoms with Crippen molar-refractivity contribution in [3.8, 4) is 5.75 Å². The van der Waals surface area contributed by atoms with E-state index in [1.807, 2.05) is 6.92 Å². The van der Waals surface area contributed by atoms with Gasteiger partial charge in [0, 0.05) is 32.6 Å². The van der Waals surface area contributed by atoms with E-state index in [2.05, 4.69) is 0 Å². The minimum Gasteiger partial charge on any atom is -0.495 e. The van der Waals surface area contributed by atoms with Crippen LogP contribution in [0.4, 0.5) is 0 Å². The molecule has 0 saturated carbocycles. The van der Waals surface area contributed by atoms with Gasteiger partial charge in [0.1, 0.15) is 5.75 Å². The van der Waals surface area contributed by atoms with Crippen LogP contribution in [0.5, 0.6) is 5.75 Å². The summed E-state index contributed by atoms with van der Waals surface area (Å²) in [4.78, 5) is 13.8. The Morgan fingerprint density at radius 1 is 1.25 bits per heavy atom. The average Bonchev–Trinajstić information content (AvgIpc) is 2.82. The van der Waals surface area contributed by atoms with E-state index in [0.29, 0.717) is 43.8 Å². The molecule has 8 heteroatoms. The summed E-state index contributed by atoms with van der Waals surface area (Å²) in [6.07, 6.45) is 1.05. The molecule has 0 N–H and O–H groups in total. The summed E-state index contributed by atoms with van der Waals surface area (Å²) in [5, 5.41) is 0.263. The maximum Gasteiger partial charge on any atom is 0.243 e. The third kappa shape index (κ3) is 3.84. The largest absolute Gasteiger partial charge is 0.495 e. The summed E-state index contributed by atoms with van der Waals surface area (Å²) in [7, 11) is -2.17. The highest BCUT2D eigenvalue weighted by molar-refractivity contribution is 7.89. The molecule has 1 aliphatic rings. The number of hydrogen-bond donors (Lipinski definition) is 0. The number of aryl methyl sites for hydroxylation is 1. The van der Waals surface area contributed by atoms with E-state index in [0.717, 1.165) is 0 Å². The molecule has 6 nitrogen and oxygen atoms in total. The van der Waals surface area contributed by atoms with Crippen LogP contribution in [0.3, 0.4) is 0 Å². The normalized spacial score (nSPS) is 16.8. The van der Waals surface area contributed by atoms with Crippen molar-refractivity contribution < 1.29 is 17.9 Å². The maximum atomic E-state index is 13.0. The lowest BCUT2D eigenvalue weighted by atomic mass is 10.2. The van der Waals surface area contributed by atoms with Gasteiger partial charge in [0.25, 0.3) is 0 Å². The van der Waals surface area contributed by atoms with Crippen molar-refractivity contribution in [2.75, 3.05) is 33.3 Å². The van der Waals surface area contributed by atoms with Crippen molar-refractivity contribution in [1.82, 2.24) is 9.21 Å². The molecule has 1 heterocycles. The lowest BCUT2D eigenvalue weighted by Crippen LogP contribution is -2.37. The molecule has 1 amide bonds. The van der Waals surface area contributed by atoms with E-state index in [9.17, 15) is 13.2 Å².